The number of hydrogen-bond donors (Lipinski definition) is 1. The number of nitrogens with zero attached hydrogens (tertiary/aromatic N) is 2. The predicted octanol–water partition coefficient (Wildman–Crippen LogP) is 1.78. The van der Waals surface area contributed by atoms with Crippen LogP contribution in [0.5, 0.6) is 0 Å². The van der Waals surface area contributed by atoms with Crippen molar-refractivity contribution < 1.29 is 0 Å². The lowest BCUT2D eigenvalue weighted by atomic mass is 10.0. The maximum atomic E-state index is 12.3. The Bertz CT molecular complexity index is 663. The fourth-order valence-corrected chi connectivity index (χ4v) is 3.09. The molecule has 0 saturated carbocycles. The Kier molecular flexibility index (Phi) is 3.49. The van der Waals surface area contributed by atoms with Crippen molar-refractivity contribution in [3.63, 3.8) is 0 Å². The first-order chi connectivity index (χ1) is 9.66. The van der Waals surface area contributed by atoms with Crippen LogP contribution >= 0.6 is 0 Å². The van der Waals surface area contributed by atoms with Crippen LogP contribution in [0.1, 0.15) is 24.1 Å². The van der Waals surface area contributed by atoms with E-state index in [4.69, 9.17) is 0 Å². The fourth-order valence-electron chi connectivity index (χ4n) is 3.09. The molecule has 0 bridgehead atoms. The second-order valence-corrected chi connectivity index (χ2v) is 5.63. The Balaban J connectivity index is 2.02. The molecule has 0 amide bonds. The van der Waals surface area contributed by atoms with E-state index in [0.717, 1.165) is 24.3 Å². The average molecular weight is 271 g/mol. The van der Waals surface area contributed by atoms with Crippen LogP contribution in [0, 0.1) is 6.92 Å². The summed E-state index contributed by atoms with van der Waals surface area (Å²) < 4.78 is 3.45. The van der Waals surface area contributed by atoms with Gasteiger partial charge < -0.3 is 9.88 Å². The highest BCUT2D eigenvalue weighted by atomic mass is 16.1. The van der Waals surface area contributed by atoms with E-state index >= 15 is 0 Å². The lowest BCUT2D eigenvalue weighted by Crippen LogP contribution is -2.26. The van der Waals surface area contributed by atoms with Gasteiger partial charge in [-0.1, -0.05) is 18.2 Å². The van der Waals surface area contributed by atoms with E-state index in [0.29, 0.717) is 6.04 Å². The third kappa shape index (κ3) is 2.31. The van der Waals surface area contributed by atoms with E-state index in [1.165, 1.54) is 18.4 Å². The van der Waals surface area contributed by atoms with Crippen LogP contribution in [0.3, 0.4) is 0 Å². The van der Waals surface area contributed by atoms with Crippen molar-refractivity contribution in [2.45, 2.75) is 32.2 Å². The fraction of sp³-hybridized carbons (Fsp3) is 0.438. The third-order valence-corrected chi connectivity index (χ3v) is 4.09. The number of aryl methyl sites for hydroxylation is 2. The Morgan fingerprint density at radius 2 is 2.15 bits per heavy atom. The van der Waals surface area contributed by atoms with E-state index < -0.39 is 0 Å². The van der Waals surface area contributed by atoms with Gasteiger partial charge in [-0.25, -0.2) is 4.79 Å². The molecular formula is C16H21N3O. The number of para-hydroxylation sites is 1. The minimum atomic E-state index is 0.0225. The van der Waals surface area contributed by atoms with Gasteiger partial charge in [0.1, 0.15) is 0 Å². The van der Waals surface area contributed by atoms with Crippen molar-refractivity contribution in [3.05, 3.63) is 52.2 Å². The lowest BCUT2D eigenvalue weighted by Gasteiger charge is -2.15. The molecule has 20 heavy (non-hydrogen) atoms. The van der Waals surface area contributed by atoms with E-state index in [1.54, 1.807) is 11.6 Å². The van der Waals surface area contributed by atoms with Gasteiger partial charge >= 0.3 is 5.69 Å². The van der Waals surface area contributed by atoms with Crippen molar-refractivity contribution in [1.29, 1.82) is 0 Å². The van der Waals surface area contributed by atoms with Crippen LogP contribution in [0.2, 0.25) is 0 Å². The number of nitrogens with one attached hydrogen (secondary N) is 1. The summed E-state index contributed by atoms with van der Waals surface area (Å²) in [5.74, 6) is 0. The van der Waals surface area contributed by atoms with Gasteiger partial charge in [-0.15, -0.1) is 0 Å². The zero-order valence-electron chi connectivity index (χ0n) is 12.1. The largest absolute Gasteiger partial charge is 0.332 e. The number of rotatable bonds is 3. The zero-order valence-corrected chi connectivity index (χ0v) is 12.1. The summed E-state index contributed by atoms with van der Waals surface area (Å²) in [6, 6.07) is 8.76. The molecule has 3 rings (SSSR count). The summed E-state index contributed by atoms with van der Waals surface area (Å²) in [4.78, 5) is 12.3. The van der Waals surface area contributed by atoms with Crippen LogP contribution in [0.15, 0.2) is 35.3 Å². The number of benzene rings is 1. The van der Waals surface area contributed by atoms with Crippen molar-refractivity contribution in [2.75, 3.05) is 6.54 Å². The molecule has 2 heterocycles. The highest BCUT2D eigenvalue weighted by Gasteiger charge is 2.18. The van der Waals surface area contributed by atoms with E-state index in [2.05, 4.69) is 17.4 Å². The molecule has 106 valence electrons. The summed E-state index contributed by atoms with van der Waals surface area (Å²) in [7, 11) is 1.80. The first kappa shape index (κ1) is 13.2. The van der Waals surface area contributed by atoms with Crippen LogP contribution < -0.4 is 11.0 Å². The minimum Gasteiger partial charge on any atom is -0.314 e. The van der Waals surface area contributed by atoms with Crippen LogP contribution in [0.25, 0.3) is 5.69 Å². The van der Waals surface area contributed by atoms with Crippen molar-refractivity contribution >= 4 is 0 Å². The highest BCUT2D eigenvalue weighted by Crippen LogP contribution is 2.19. The van der Waals surface area contributed by atoms with Crippen molar-refractivity contribution in [3.8, 4) is 5.69 Å². The molecule has 4 nitrogen and oxygen atoms in total. The number of imidazole rings is 1. The van der Waals surface area contributed by atoms with Gasteiger partial charge in [-0.3, -0.25) is 4.57 Å². The SMILES string of the molecule is Cc1cn(C)c(=O)n1-c1ccccc1CC1CCCN1. The maximum absolute atomic E-state index is 12.3. The lowest BCUT2D eigenvalue weighted by molar-refractivity contribution is 0.601. The highest BCUT2D eigenvalue weighted by molar-refractivity contribution is 5.42. The Labute approximate surface area is 119 Å². The molecule has 0 spiro atoms. The quantitative estimate of drug-likeness (QED) is 0.924. The summed E-state index contributed by atoms with van der Waals surface area (Å²) in [5.41, 5.74) is 3.26. The molecule has 1 N–H and O–H groups in total. The number of hydrogen-bond acceptors (Lipinski definition) is 2. The Morgan fingerprint density at radius 3 is 2.80 bits per heavy atom. The zero-order chi connectivity index (χ0) is 14.1. The Hall–Kier alpha value is -1.81. The first-order valence-electron chi connectivity index (χ1n) is 7.23. The molecule has 2 aromatic rings. The first-order valence-corrected chi connectivity index (χ1v) is 7.23. The summed E-state index contributed by atoms with van der Waals surface area (Å²) in [6.07, 6.45) is 5.33. The van der Waals surface area contributed by atoms with E-state index in [-0.39, 0.29) is 5.69 Å². The van der Waals surface area contributed by atoms with Crippen LogP contribution in [0.4, 0.5) is 0 Å². The predicted molar refractivity (Wildman–Crippen MR) is 80.5 cm³/mol. The molecule has 1 atom stereocenters. The molecule has 1 unspecified atom stereocenters. The standard InChI is InChI=1S/C16H21N3O/c1-12-11-18(2)16(20)19(12)15-8-4-3-6-13(15)10-14-7-5-9-17-14/h3-4,6,8,11,14,17H,5,7,9-10H2,1-2H3. The molecule has 1 aromatic carbocycles. The van der Waals surface area contributed by atoms with Gasteiger partial charge in [0.15, 0.2) is 0 Å². The van der Waals surface area contributed by atoms with Gasteiger partial charge in [0, 0.05) is 25.0 Å². The van der Waals surface area contributed by atoms with Gasteiger partial charge in [-0.05, 0) is 44.4 Å². The van der Waals surface area contributed by atoms with Crippen LogP contribution in [-0.4, -0.2) is 21.7 Å². The molecule has 1 saturated heterocycles. The van der Waals surface area contributed by atoms with Gasteiger partial charge in [-0.2, -0.15) is 0 Å². The van der Waals surface area contributed by atoms with E-state index in [9.17, 15) is 4.79 Å². The molecule has 0 aliphatic carbocycles. The molecule has 0 radical (unpaired) electrons. The van der Waals surface area contributed by atoms with Gasteiger partial charge in [0.05, 0.1) is 5.69 Å². The minimum absolute atomic E-state index is 0.0225. The summed E-state index contributed by atoms with van der Waals surface area (Å²) in [6.45, 7) is 3.09. The molecule has 1 fully saturated rings. The van der Waals surface area contributed by atoms with Crippen LogP contribution in [-0.2, 0) is 13.5 Å². The van der Waals surface area contributed by atoms with Crippen molar-refractivity contribution in [1.82, 2.24) is 14.5 Å². The van der Waals surface area contributed by atoms with Crippen molar-refractivity contribution in [2.24, 2.45) is 7.05 Å². The second-order valence-electron chi connectivity index (χ2n) is 5.63. The van der Waals surface area contributed by atoms with Gasteiger partial charge in [0.25, 0.3) is 0 Å². The smallest absolute Gasteiger partial charge is 0.314 e. The second kappa shape index (κ2) is 5.29. The molecule has 1 aliphatic heterocycles. The normalized spacial score (nSPS) is 18.6. The summed E-state index contributed by atoms with van der Waals surface area (Å²) in [5, 5.41) is 3.53. The average Bonchev–Trinajstić information content (AvgIpc) is 3.01. The monoisotopic (exact) mass is 271 g/mol. The maximum Gasteiger partial charge on any atom is 0.332 e. The number of aromatic nitrogens is 2. The summed E-state index contributed by atoms with van der Waals surface area (Å²) >= 11 is 0. The van der Waals surface area contributed by atoms with Gasteiger partial charge in [0.2, 0.25) is 0 Å². The molecule has 1 aliphatic rings. The third-order valence-electron chi connectivity index (χ3n) is 4.09. The molecular weight excluding hydrogens is 250 g/mol. The topological polar surface area (TPSA) is 39.0 Å². The Morgan fingerprint density at radius 1 is 1.35 bits per heavy atom. The molecule has 1 aromatic heterocycles. The molecule has 4 heteroatoms. The van der Waals surface area contributed by atoms with E-state index in [1.807, 2.05) is 29.8 Å².